The maximum atomic E-state index is 10.8. The quantitative estimate of drug-likeness (QED) is 0.359. The number of carboxylic acids is 3. The van der Waals surface area contributed by atoms with E-state index in [1.165, 1.54) is 0 Å². The summed E-state index contributed by atoms with van der Waals surface area (Å²) < 4.78 is 29.7. The molecule has 0 saturated carbocycles. The lowest BCUT2D eigenvalue weighted by molar-refractivity contribution is -0.148. The molecule has 0 bridgehead atoms. The molecule has 0 aromatic carbocycles. The van der Waals surface area contributed by atoms with E-state index < -0.39 is 52.9 Å². The lowest BCUT2D eigenvalue weighted by Gasteiger charge is -2.24. The van der Waals surface area contributed by atoms with Gasteiger partial charge in [0, 0.05) is 0 Å². The Bertz CT molecular complexity index is 426. The van der Waals surface area contributed by atoms with Crippen LogP contribution in [0.25, 0.3) is 0 Å². The molecule has 0 aliphatic heterocycles. The standard InChI is InChI=1S/C7H11NO9S/c9-5(10)1-8(2-6(11)12)4(7(13)14)3-18(15,16)17/h4H,1-3H2,(H,9,10)(H,11,12)(H,13,14)(H,15,16,17)/t4-/m0/s1. The normalized spacial score (nSPS) is 13.2. The summed E-state index contributed by atoms with van der Waals surface area (Å²) in [6.07, 6.45) is 0. The van der Waals surface area contributed by atoms with Gasteiger partial charge >= 0.3 is 17.9 Å². The zero-order chi connectivity index (χ0) is 14.5. The predicted molar refractivity (Wildman–Crippen MR) is 54.7 cm³/mol. The zero-order valence-electron chi connectivity index (χ0n) is 8.88. The van der Waals surface area contributed by atoms with Crippen molar-refractivity contribution in [3.63, 3.8) is 0 Å². The maximum absolute atomic E-state index is 10.8. The summed E-state index contributed by atoms with van der Waals surface area (Å²) in [6, 6.07) is -1.97. The van der Waals surface area contributed by atoms with E-state index in [0.29, 0.717) is 4.90 Å². The van der Waals surface area contributed by atoms with Crippen molar-refractivity contribution in [3.8, 4) is 0 Å². The third-order valence-electron chi connectivity index (χ3n) is 1.77. The number of carbonyl (C=O) groups is 3. The van der Waals surface area contributed by atoms with Gasteiger partial charge in [-0.25, -0.2) is 0 Å². The Labute approximate surface area is 101 Å². The summed E-state index contributed by atoms with van der Waals surface area (Å²) >= 11 is 0. The minimum atomic E-state index is -4.69. The second-order valence-electron chi connectivity index (χ2n) is 3.30. The Hall–Kier alpha value is -1.72. The Balaban J connectivity index is 5.14. The Morgan fingerprint density at radius 2 is 1.39 bits per heavy atom. The minimum absolute atomic E-state index is 0.404. The fraction of sp³-hybridized carbons (Fsp3) is 0.571. The van der Waals surface area contributed by atoms with Gasteiger partial charge in [-0.05, 0) is 0 Å². The van der Waals surface area contributed by atoms with E-state index in [1.54, 1.807) is 0 Å². The molecule has 1 atom stereocenters. The van der Waals surface area contributed by atoms with Gasteiger partial charge in [0.15, 0.2) is 0 Å². The number of hydrogen-bond acceptors (Lipinski definition) is 6. The first-order valence-electron chi connectivity index (χ1n) is 4.38. The highest BCUT2D eigenvalue weighted by Crippen LogP contribution is 2.04. The number of rotatable bonds is 8. The molecule has 0 rings (SSSR count). The van der Waals surface area contributed by atoms with Crippen molar-refractivity contribution in [2.24, 2.45) is 0 Å². The smallest absolute Gasteiger partial charge is 0.322 e. The predicted octanol–water partition coefficient (Wildman–Crippen LogP) is -2.20. The summed E-state index contributed by atoms with van der Waals surface area (Å²) in [5.41, 5.74) is 0. The van der Waals surface area contributed by atoms with Gasteiger partial charge in [-0.3, -0.25) is 23.8 Å². The molecule has 0 unspecified atom stereocenters. The van der Waals surface area contributed by atoms with Gasteiger partial charge in [-0.1, -0.05) is 0 Å². The van der Waals surface area contributed by atoms with Crippen LogP contribution in [0.1, 0.15) is 0 Å². The molecule has 4 N–H and O–H groups in total. The fourth-order valence-corrected chi connectivity index (χ4v) is 1.91. The van der Waals surface area contributed by atoms with Crippen LogP contribution in [0, 0.1) is 0 Å². The van der Waals surface area contributed by atoms with E-state index in [9.17, 15) is 22.8 Å². The number of hydrogen-bond donors (Lipinski definition) is 4. The Morgan fingerprint density at radius 1 is 1.00 bits per heavy atom. The van der Waals surface area contributed by atoms with Gasteiger partial charge in [0.25, 0.3) is 10.1 Å². The van der Waals surface area contributed by atoms with Crippen molar-refractivity contribution >= 4 is 28.0 Å². The molecule has 18 heavy (non-hydrogen) atoms. The molecule has 0 aliphatic rings. The maximum Gasteiger partial charge on any atom is 0.322 e. The van der Waals surface area contributed by atoms with Crippen LogP contribution in [0.15, 0.2) is 0 Å². The van der Waals surface area contributed by atoms with E-state index >= 15 is 0 Å². The monoisotopic (exact) mass is 285 g/mol. The van der Waals surface area contributed by atoms with Gasteiger partial charge in [-0.2, -0.15) is 8.42 Å². The van der Waals surface area contributed by atoms with E-state index in [-0.39, 0.29) is 0 Å². The zero-order valence-corrected chi connectivity index (χ0v) is 9.70. The van der Waals surface area contributed by atoms with Gasteiger partial charge in [-0.15, -0.1) is 0 Å². The third-order valence-corrected chi connectivity index (χ3v) is 2.51. The first-order valence-corrected chi connectivity index (χ1v) is 5.99. The SMILES string of the molecule is O=C(O)CN(CC(=O)O)[C@@H](CS(=O)(=O)O)C(=O)O. The molecule has 11 heteroatoms. The summed E-state index contributed by atoms with van der Waals surface area (Å²) in [7, 11) is -4.69. The second kappa shape index (κ2) is 6.28. The lowest BCUT2D eigenvalue weighted by Crippen LogP contribution is -2.49. The van der Waals surface area contributed by atoms with E-state index in [2.05, 4.69) is 0 Å². The molecule has 0 fully saturated rings. The Kier molecular flexibility index (Phi) is 5.68. The van der Waals surface area contributed by atoms with E-state index in [4.69, 9.17) is 19.9 Å². The highest BCUT2D eigenvalue weighted by atomic mass is 32.2. The van der Waals surface area contributed by atoms with Crippen molar-refractivity contribution in [2.45, 2.75) is 6.04 Å². The lowest BCUT2D eigenvalue weighted by atomic mass is 10.2. The summed E-state index contributed by atoms with van der Waals surface area (Å²) in [5, 5.41) is 25.7. The number of aliphatic carboxylic acids is 3. The average Bonchev–Trinajstić information content (AvgIpc) is 2.09. The van der Waals surface area contributed by atoms with Crippen LogP contribution in [-0.2, 0) is 24.5 Å². The van der Waals surface area contributed by atoms with Crippen LogP contribution in [0.4, 0.5) is 0 Å². The summed E-state index contributed by atoms with van der Waals surface area (Å²) in [4.78, 5) is 32.1. The van der Waals surface area contributed by atoms with Crippen molar-refractivity contribution < 1.29 is 42.7 Å². The van der Waals surface area contributed by atoms with Gasteiger partial charge in [0.2, 0.25) is 0 Å². The first kappa shape index (κ1) is 16.3. The molecule has 0 saturated heterocycles. The van der Waals surface area contributed by atoms with Crippen molar-refractivity contribution in [1.82, 2.24) is 4.90 Å². The highest BCUT2D eigenvalue weighted by Gasteiger charge is 2.32. The average molecular weight is 285 g/mol. The first-order chi connectivity index (χ1) is 8.03. The molecule has 0 amide bonds. The third kappa shape index (κ3) is 6.78. The molecular formula is C7H11NO9S. The van der Waals surface area contributed by atoms with Gasteiger partial charge in [0.05, 0.1) is 13.1 Å². The Morgan fingerprint density at radius 3 is 1.61 bits per heavy atom. The van der Waals surface area contributed by atoms with Crippen LogP contribution < -0.4 is 0 Å². The molecule has 0 radical (unpaired) electrons. The summed E-state index contributed by atoms with van der Waals surface area (Å²) in [5.74, 6) is -6.12. The molecule has 10 nitrogen and oxygen atoms in total. The van der Waals surface area contributed by atoms with Crippen LogP contribution in [0.5, 0.6) is 0 Å². The molecule has 0 aliphatic carbocycles. The van der Waals surface area contributed by atoms with Crippen LogP contribution >= 0.6 is 0 Å². The molecule has 0 aromatic heterocycles. The minimum Gasteiger partial charge on any atom is -0.480 e. The van der Waals surface area contributed by atoms with Crippen molar-refractivity contribution in [3.05, 3.63) is 0 Å². The second-order valence-corrected chi connectivity index (χ2v) is 4.79. The van der Waals surface area contributed by atoms with Crippen LogP contribution in [-0.4, -0.2) is 76.0 Å². The van der Waals surface area contributed by atoms with Crippen molar-refractivity contribution in [1.29, 1.82) is 0 Å². The van der Waals surface area contributed by atoms with E-state index in [1.807, 2.05) is 0 Å². The van der Waals surface area contributed by atoms with Gasteiger partial charge in [0.1, 0.15) is 11.8 Å². The molecule has 0 aromatic rings. The molecule has 0 spiro atoms. The molecule has 0 heterocycles. The highest BCUT2D eigenvalue weighted by molar-refractivity contribution is 7.85. The topological polar surface area (TPSA) is 170 Å². The van der Waals surface area contributed by atoms with Crippen LogP contribution in [0.2, 0.25) is 0 Å². The largest absolute Gasteiger partial charge is 0.480 e. The van der Waals surface area contributed by atoms with E-state index in [0.717, 1.165) is 0 Å². The molecular weight excluding hydrogens is 274 g/mol. The van der Waals surface area contributed by atoms with Gasteiger partial charge < -0.3 is 15.3 Å². The molecule has 104 valence electrons. The summed E-state index contributed by atoms with van der Waals surface area (Å²) in [6.45, 7) is -1.97. The van der Waals surface area contributed by atoms with Crippen LogP contribution in [0.3, 0.4) is 0 Å². The number of nitrogens with zero attached hydrogens (tertiary/aromatic N) is 1. The fourth-order valence-electron chi connectivity index (χ4n) is 1.16. The van der Waals surface area contributed by atoms with Crippen molar-refractivity contribution in [2.75, 3.05) is 18.8 Å². The number of carboxylic acid groups (broad SMARTS) is 3.